The van der Waals surface area contributed by atoms with Crippen molar-refractivity contribution >= 4 is 15.7 Å². The molecule has 5 nitrogen and oxygen atoms in total. The van der Waals surface area contributed by atoms with Gasteiger partial charge in [-0.05, 0) is 17.7 Å². The number of hydrogen-bond donors (Lipinski definition) is 1. The van der Waals surface area contributed by atoms with Gasteiger partial charge in [-0.1, -0.05) is 6.08 Å². The molecular weight excluding hydrogens is 240 g/mol. The highest BCUT2D eigenvalue weighted by atomic mass is 32.2. The quantitative estimate of drug-likeness (QED) is 0.741. The molecule has 0 fully saturated rings. The van der Waals surface area contributed by atoms with Crippen LogP contribution in [0.5, 0.6) is 0 Å². The van der Waals surface area contributed by atoms with Crippen molar-refractivity contribution in [2.75, 3.05) is 11.5 Å². The SMILES string of the molecule is C=CCS(=O)(=O)CC(=O)NCc1ccncc1. The molecule has 1 aromatic heterocycles. The minimum absolute atomic E-state index is 0.185. The van der Waals surface area contributed by atoms with Crippen molar-refractivity contribution in [1.29, 1.82) is 0 Å². The summed E-state index contributed by atoms with van der Waals surface area (Å²) in [7, 11) is -3.38. The number of pyridine rings is 1. The van der Waals surface area contributed by atoms with Crippen molar-refractivity contribution in [3.63, 3.8) is 0 Å². The third kappa shape index (κ3) is 5.26. The van der Waals surface area contributed by atoms with E-state index in [1.165, 1.54) is 6.08 Å². The van der Waals surface area contributed by atoms with Crippen LogP contribution in [0.1, 0.15) is 5.56 Å². The smallest absolute Gasteiger partial charge is 0.235 e. The number of aromatic nitrogens is 1. The lowest BCUT2D eigenvalue weighted by Gasteiger charge is -2.05. The summed E-state index contributed by atoms with van der Waals surface area (Å²) in [5, 5.41) is 2.53. The summed E-state index contributed by atoms with van der Waals surface area (Å²) < 4.78 is 22.6. The maximum absolute atomic E-state index is 11.4. The fourth-order valence-electron chi connectivity index (χ4n) is 1.19. The molecule has 0 aliphatic carbocycles. The second-order valence-electron chi connectivity index (χ2n) is 3.48. The number of rotatable bonds is 6. The molecule has 1 heterocycles. The minimum atomic E-state index is -3.38. The first-order valence-electron chi connectivity index (χ1n) is 5.00. The van der Waals surface area contributed by atoms with Gasteiger partial charge in [-0.15, -0.1) is 6.58 Å². The zero-order chi connectivity index (χ0) is 12.7. The Morgan fingerprint density at radius 3 is 2.65 bits per heavy atom. The molecule has 0 aliphatic heterocycles. The number of nitrogens with one attached hydrogen (secondary N) is 1. The number of carbonyl (C=O) groups is 1. The number of nitrogens with zero attached hydrogens (tertiary/aromatic N) is 1. The molecule has 0 bridgehead atoms. The zero-order valence-electron chi connectivity index (χ0n) is 9.30. The molecule has 1 amide bonds. The van der Waals surface area contributed by atoms with Crippen LogP contribution in [-0.4, -0.2) is 30.8 Å². The molecule has 17 heavy (non-hydrogen) atoms. The molecule has 1 rings (SSSR count). The summed E-state index contributed by atoms with van der Waals surface area (Å²) >= 11 is 0. The van der Waals surface area contributed by atoms with Crippen molar-refractivity contribution in [3.8, 4) is 0 Å². The van der Waals surface area contributed by atoms with Crippen LogP contribution < -0.4 is 5.32 Å². The Kier molecular flexibility index (Phi) is 4.84. The van der Waals surface area contributed by atoms with Crippen LogP contribution in [0.3, 0.4) is 0 Å². The second kappa shape index (κ2) is 6.15. The summed E-state index contributed by atoms with van der Waals surface area (Å²) in [4.78, 5) is 15.2. The maximum atomic E-state index is 11.4. The molecule has 1 aromatic rings. The summed E-state index contributed by atoms with van der Waals surface area (Å²) in [5.41, 5.74) is 0.870. The second-order valence-corrected chi connectivity index (χ2v) is 5.58. The number of carbonyl (C=O) groups excluding carboxylic acids is 1. The third-order valence-corrected chi connectivity index (χ3v) is 3.41. The van der Waals surface area contributed by atoms with Crippen LogP contribution in [0.25, 0.3) is 0 Å². The van der Waals surface area contributed by atoms with Crippen LogP contribution in [0.15, 0.2) is 37.2 Å². The van der Waals surface area contributed by atoms with Crippen LogP contribution in [0.4, 0.5) is 0 Å². The van der Waals surface area contributed by atoms with Gasteiger partial charge < -0.3 is 5.32 Å². The Morgan fingerprint density at radius 2 is 2.06 bits per heavy atom. The van der Waals surface area contributed by atoms with Gasteiger partial charge in [0.1, 0.15) is 5.75 Å². The van der Waals surface area contributed by atoms with E-state index in [9.17, 15) is 13.2 Å². The molecule has 1 N–H and O–H groups in total. The van der Waals surface area contributed by atoms with Gasteiger partial charge in [-0.25, -0.2) is 8.42 Å². The molecule has 0 radical (unpaired) electrons. The Bertz CT molecular complexity index is 483. The van der Waals surface area contributed by atoms with E-state index in [1.54, 1.807) is 24.5 Å². The van der Waals surface area contributed by atoms with Gasteiger partial charge in [0.25, 0.3) is 0 Å². The van der Waals surface area contributed by atoms with Gasteiger partial charge in [0.05, 0.1) is 5.75 Å². The number of hydrogen-bond acceptors (Lipinski definition) is 4. The van der Waals surface area contributed by atoms with Gasteiger partial charge in [-0.2, -0.15) is 0 Å². The third-order valence-electron chi connectivity index (χ3n) is 1.96. The van der Waals surface area contributed by atoms with E-state index >= 15 is 0 Å². The van der Waals surface area contributed by atoms with Gasteiger partial charge in [0, 0.05) is 18.9 Å². The van der Waals surface area contributed by atoms with Crippen LogP contribution in [-0.2, 0) is 21.2 Å². The zero-order valence-corrected chi connectivity index (χ0v) is 10.1. The molecule has 0 saturated heterocycles. The maximum Gasteiger partial charge on any atom is 0.235 e. The molecule has 0 atom stereocenters. The van der Waals surface area contributed by atoms with Crippen LogP contribution in [0.2, 0.25) is 0 Å². The average molecular weight is 254 g/mol. The van der Waals surface area contributed by atoms with Crippen LogP contribution in [0, 0.1) is 0 Å². The van der Waals surface area contributed by atoms with Crippen molar-refractivity contribution < 1.29 is 13.2 Å². The first kappa shape index (κ1) is 13.4. The van der Waals surface area contributed by atoms with E-state index in [0.29, 0.717) is 6.54 Å². The van der Waals surface area contributed by atoms with E-state index in [4.69, 9.17) is 0 Å². The molecular formula is C11H14N2O3S. The van der Waals surface area contributed by atoms with Crippen molar-refractivity contribution in [3.05, 3.63) is 42.7 Å². The monoisotopic (exact) mass is 254 g/mol. The Labute approximate surface area is 100 Å². The lowest BCUT2D eigenvalue weighted by molar-refractivity contribution is -0.118. The Morgan fingerprint density at radius 1 is 1.41 bits per heavy atom. The van der Waals surface area contributed by atoms with Crippen molar-refractivity contribution in [2.24, 2.45) is 0 Å². The molecule has 0 saturated carbocycles. The molecule has 92 valence electrons. The van der Waals surface area contributed by atoms with Gasteiger partial charge in [0.15, 0.2) is 9.84 Å². The molecule has 0 unspecified atom stereocenters. The summed E-state index contributed by atoms with van der Waals surface area (Å²) in [6.07, 6.45) is 4.48. The highest BCUT2D eigenvalue weighted by molar-refractivity contribution is 7.92. The average Bonchev–Trinajstić information content (AvgIpc) is 2.27. The van der Waals surface area contributed by atoms with E-state index < -0.39 is 21.5 Å². The summed E-state index contributed by atoms with van der Waals surface area (Å²) in [6.45, 7) is 3.63. The first-order valence-corrected chi connectivity index (χ1v) is 6.82. The van der Waals surface area contributed by atoms with Crippen LogP contribution >= 0.6 is 0 Å². The van der Waals surface area contributed by atoms with E-state index in [1.807, 2.05) is 0 Å². The topological polar surface area (TPSA) is 76.1 Å². The predicted molar refractivity (Wildman–Crippen MR) is 64.9 cm³/mol. The largest absolute Gasteiger partial charge is 0.351 e. The van der Waals surface area contributed by atoms with E-state index in [0.717, 1.165) is 5.56 Å². The molecule has 6 heteroatoms. The molecule has 0 aromatic carbocycles. The lowest BCUT2D eigenvalue weighted by atomic mass is 10.3. The van der Waals surface area contributed by atoms with E-state index in [2.05, 4.69) is 16.9 Å². The van der Waals surface area contributed by atoms with Gasteiger partial charge in [-0.3, -0.25) is 9.78 Å². The predicted octanol–water partition coefficient (Wildman–Crippen LogP) is 0.299. The summed E-state index contributed by atoms with van der Waals surface area (Å²) in [6, 6.07) is 3.50. The Balaban J connectivity index is 2.44. The highest BCUT2D eigenvalue weighted by Gasteiger charge is 2.14. The Hall–Kier alpha value is -1.69. The highest BCUT2D eigenvalue weighted by Crippen LogP contribution is 1.96. The minimum Gasteiger partial charge on any atom is -0.351 e. The number of amides is 1. The van der Waals surface area contributed by atoms with E-state index in [-0.39, 0.29) is 5.75 Å². The first-order chi connectivity index (χ1) is 8.03. The molecule has 0 aliphatic rings. The lowest BCUT2D eigenvalue weighted by Crippen LogP contribution is -2.30. The van der Waals surface area contributed by atoms with Crippen molar-refractivity contribution in [2.45, 2.75) is 6.54 Å². The number of sulfone groups is 1. The van der Waals surface area contributed by atoms with Crippen molar-refractivity contribution in [1.82, 2.24) is 10.3 Å². The fraction of sp³-hybridized carbons (Fsp3) is 0.273. The summed E-state index contributed by atoms with van der Waals surface area (Å²) in [5.74, 6) is -1.21. The normalized spacial score (nSPS) is 10.8. The molecule has 0 spiro atoms. The standard InChI is InChI=1S/C11H14N2O3S/c1-2-7-17(15,16)9-11(14)13-8-10-3-5-12-6-4-10/h2-6H,1,7-9H2,(H,13,14). The van der Waals surface area contributed by atoms with Gasteiger partial charge >= 0.3 is 0 Å². The van der Waals surface area contributed by atoms with Gasteiger partial charge in [0.2, 0.25) is 5.91 Å². The fourth-order valence-corrected chi connectivity index (χ4v) is 2.17.